The van der Waals surface area contributed by atoms with Crippen LogP contribution in [0.1, 0.15) is 42.0 Å². The first-order chi connectivity index (χ1) is 15.5. The van der Waals surface area contributed by atoms with E-state index in [4.69, 9.17) is 9.47 Å². The largest absolute Gasteiger partial charge is 0.496 e. The van der Waals surface area contributed by atoms with Gasteiger partial charge in [0.25, 0.3) is 0 Å². The maximum absolute atomic E-state index is 12.3. The molecule has 0 radical (unpaired) electrons. The third kappa shape index (κ3) is 4.05. The van der Waals surface area contributed by atoms with Crippen LogP contribution >= 0.6 is 0 Å². The predicted octanol–water partition coefficient (Wildman–Crippen LogP) is 2.96. The molecule has 1 aliphatic carbocycles. The van der Waals surface area contributed by atoms with Gasteiger partial charge in [-0.25, -0.2) is 4.79 Å². The zero-order valence-electron chi connectivity index (χ0n) is 18.7. The summed E-state index contributed by atoms with van der Waals surface area (Å²) in [5, 5.41) is 16.6. The van der Waals surface area contributed by atoms with Crippen LogP contribution in [0.4, 0.5) is 0 Å². The van der Waals surface area contributed by atoms with Gasteiger partial charge in [-0.1, -0.05) is 31.2 Å². The van der Waals surface area contributed by atoms with Crippen LogP contribution in [0.25, 0.3) is 5.69 Å². The number of rotatable bonds is 6. The van der Waals surface area contributed by atoms with Crippen molar-refractivity contribution < 1.29 is 9.47 Å². The second-order valence-electron chi connectivity index (χ2n) is 7.54. The summed E-state index contributed by atoms with van der Waals surface area (Å²) in [7, 11) is 3.25. The number of nitrogens with zero attached hydrogens (tertiary/aromatic N) is 6. The van der Waals surface area contributed by atoms with Crippen LogP contribution in [-0.4, -0.2) is 38.5 Å². The van der Waals surface area contributed by atoms with E-state index in [1.807, 2.05) is 50.2 Å². The average molecular weight is 435 g/mol. The summed E-state index contributed by atoms with van der Waals surface area (Å²) in [6.07, 6.45) is 2.29. The monoisotopic (exact) mass is 434 g/mol. The number of hydrogen-bond donors (Lipinski definition) is 0. The average Bonchev–Trinajstić information content (AvgIpc) is 3.37. The van der Waals surface area contributed by atoms with Gasteiger partial charge < -0.3 is 9.47 Å². The van der Waals surface area contributed by atoms with Crippen molar-refractivity contribution in [2.24, 2.45) is 17.3 Å². The van der Waals surface area contributed by atoms with Crippen molar-refractivity contribution in [2.75, 3.05) is 7.11 Å². The number of hydrogen-bond acceptors (Lipinski definition) is 7. The molecule has 0 N–H and O–H groups in total. The highest BCUT2D eigenvalue weighted by Crippen LogP contribution is 2.30. The molecule has 0 aliphatic heterocycles. The molecule has 0 amide bonds. The molecule has 2 aromatic carbocycles. The number of benzene rings is 2. The van der Waals surface area contributed by atoms with Crippen LogP contribution in [0.5, 0.6) is 5.75 Å². The fourth-order valence-corrected chi connectivity index (χ4v) is 3.78. The minimum Gasteiger partial charge on any atom is -0.496 e. The Bertz CT molecular complexity index is 1250. The molecule has 0 saturated heterocycles. The van der Waals surface area contributed by atoms with Gasteiger partial charge in [-0.2, -0.15) is 14.5 Å². The lowest BCUT2D eigenvalue weighted by Gasteiger charge is -2.13. The summed E-state index contributed by atoms with van der Waals surface area (Å²) in [4.78, 5) is 12.3. The number of fused-ring (bicyclic) bond motifs is 1. The Labute approximate surface area is 186 Å². The summed E-state index contributed by atoms with van der Waals surface area (Å²) >= 11 is 0. The fourth-order valence-electron chi connectivity index (χ4n) is 3.78. The molecular weight excluding hydrogens is 408 g/mol. The molecule has 4 rings (SSSR count). The zero-order chi connectivity index (χ0) is 22.7. The third-order valence-corrected chi connectivity index (χ3v) is 5.58. The van der Waals surface area contributed by atoms with E-state index < -0.39 is 0 Å². The van der Waals surface area contributed by atoms with Crippen molar-refractivity contribution >= 4 is 11.6 Å². The van der Waals surface area contributed by atoms with Gasteiger partial charge in [0.05, 0.1) is 18.5 Å². The van der Waals surface area contributed by atoms with Gasteiger partial charge in [-0.3, -0.25) is 0 Å². The first-order valence-electron chi connectivity index (χ1n) is 10.5. The molecule has 32 heavy (non-hydrogen) atoms. The molecule has 0 spiro atoms. The van der Waals surface area contributed by atoms with E-state index in [2.05, 4.69) is 20.6 Å². The topological polar surface area (TPSA) is 95.9 Å². The fraction of sp³-hybridized carbons (Fsp3) is 0.348. The minimum atomic E-state index is -0.317. The summed E-state index contributed by atoms with van der Waals surface area (Å²) < 4.78 is 13.9. The molecule has 9 heteroatoms. The second kappa shape index (κ2) is 9.17. The first kappa shape index (κ1) is 21.5. The van der Waals surface area contributed by atoms with Crippen LogP contribution in [0.2, 0.25) is 0 Å². The standard InChI is InChI=1S/C23H26N6O3/c1-5-22(25-24-19-13-12-17-16(19)9-7-11-21(17)31-4)32-14-18-15(2)8-6-10-20(18)29-23(30)28(3)26-27-29/h6-11H,5,12-14H2,1-4H3. The molecule has 1 aliphatic rings. The lowest BCUT2D eigenvalue weighted by molar-refractivity contribution is 0.282. The van der Waals surface area contributed by atoms with E-state index >= 15 is 0 Å². The van der Waals surface area contributed by atoms with Crippen molar-refractivity contribution in [3.8, 4) is 11.4 Å². The molecule has 0 atom stereocenters. The number of ether oxygens (including phenoxy) is 2. The first-order valence-corrected chi connectivity index (χ1v) is 10.5. The Kier molecular flexibility index (Phi) is 6.16. The maximum atomic E-state index is 12.3. The number of methoxy groups -OCH3 is 1. The quantitative estimate of drug-likeness (QED) is 0.338. The van der Waals surface area contributed by atoms with Crippen LogP contribution in [0.15, 0.2) is 51.4 Å². The van der Waals surface area contributed by atoms with E-state index in [1.54, 1.807) is 14.2 Å². The summed E-state index contributed by atoms with van der Waals surface area (Å²) in [6.45, 7) is 4.18. The molecular formula is C23H26N6O3. The highest BCUT2D eigenvalue weighted by Gasteiger charge is 2.21. The molecule has 1 aromatic heterocycles. The Hall–Kier alpha value is -3.75. The Morgan fingerprint density at radius 3 is 2.69 bits per heavy atom. The van der Waals surface area contributed by atoms with Crippen molar-refractivity contribution in [1.29, 1.82) is 0 Å². The highest BCUT2D eigenvalue weighted by molar-refractivity contribution is 6.05. The highest BCUT2D eigenvalue weighted by atomic mass is 16.5. The normalized spacial score (nSPS) is 14.6. The SMILES string of the molecule is CCC(=NN=C1CCc2c(OC)cccc21)OCc1c(C)cccc1-n1nnn(C)c1=O. The van der Waals surface area contributed by atoms with Gasteiger partial charge in [-0.15, -0.1) is 5.10 Å². The van der Waals surface area contributed by atoms with Gasteiger partial charge in [0.2, 0.25) is 5.90 Å². The molecule has 0 unspecified atom stereocenters. The third-order valence-electron chi connectivity index (χ3n) is 5.58. The van der Waals surface area contributed by atoms with E-state index in [-0.39, 0.29) is 12.3 Å². The van der Waals surface area contributed by atoms with E-state index in [0.29, 0.717) is 18.0 Å². The zero-order valence-corrected chi connectivity index (χ0v) is 18.7. The van der Waals surface area contributed by atoms with Gasteiger partial charge >= 0.3 is 5.69 Å². The van der Waals surface area contributed by atoms with E-state index in [1.165, 1.54) is 14.9 Å². The van der Waals surface area contributed by atoms with Crippen LogP contribution in [-0.2, 0) is 24.8 Å². The molecule has 1 heterocycles. The lowest BCUT2D eigenvalue weighted by Crippen LogP contribution is -2.23. The van der Waals surface area contributed by atoms with Crippen molar-refractivity contribution in [1.82, 2.24) is 19.8 Å². The molecule has 166 valence electrons. The molecule has 0 bridgehead atoms. The maximum Gasteiger partial charge on any atom is 0.368 e. The van der Waals surface area contributed by atoms with Crippen molar-refractivity contribution in [3.05, 3.63) is 69.1 Å². The minimum absolute atomic E-state index is 0.243. The summed E-state index contributed by atoms with van der Waals surface area (Å²) in [5.74, 6) is 1.41. The molecule has 3 aromatic rings. The predicted molar refractivity (Wildman–Crippen MR) is 122 cm³/mol. The summed E-state index contributed by atoms with van der Waals surface area (Å²) in [5.41, 5.74) is 5.33. The Balaban J connectivity index is 1.57. The van der Waals surface area contributed by atoms with E-state index in [0.717, 1.165) is 41.0 Å². The van der Waals surface area contributed by atoms with Crippen LogP contribution in [0, 0.1) is 6.92 Å². The number of aromatic nitrogens is 4. The van der Waals surface area contributed by atoms with Gasteiger partial charge in [0.15, 0.2) is 0 Å². The number of tetrazole rings is 1. The molecule has 0 fully saturated rings. The van der Waals surface area contributed by atoms with Gasteiger partial charge in [0.1, 0.15) is 12.4 Å². The van der Waals surface area contributed by atoms with Gasteiger partial charge in [0, 0.05) is 30.2 Å². The van der Waals surface area contributed by atoms with Gasteiger partial charge in [-0.05, 0) is 47.9 Å². The Morgan fingerprint density at radius 1 is 1.16 bits per heavy atom. The van der Waals surface area contributed by atoms with Crippen LogP contribution in [0.3, 0.4) is 0 Å². The van der Waals surface area contributed by atoms with Crippen LogP contribution < -0.4 is 10.4 Å². The second-order valence-corrected chi connectivity index (χ2v) is 7.54. The van der Waals surface area contributed by atoms with Crippen molar-refractivity contribution in [2.45, 2.75) is 39.7 Å². The number of aryl methyl sites for hydroxylation is 2. The lowest BCUT2D eigenvalue weighted by atomic mass is 10.1. The van der Waals surface area contributed by atoms with Crippen molar-refractivity contribution in [3.63, 3.8) is 0 Å². The Morgan fingerprint density at radius 2 is 1.97 bits per heavy atom. The summed E-state index contributed by atoms with van der Waals surface area (Å²) in [6, 6.07) is 11.6. The smallest absolute Gasteiger partial charge is 0.368 e. The molecule has 0 saturated carbocycles. The molecule has 9 nitrogen and oxygen atoms in total. The van der Waals surface area contributed by atoms with E-state index in [9.17, 15) is 4.79 Å².